The molecule has 6 bridgehead atoms. The molecule has 2 saturated heterocycles. The van der Waals surface area contributed by atoms with E-state index in [0.29, 0.717) is 30.0 Å². The number of carbonyl (C=O) groups excluding carboxylic acids is 5. The molecule has 3 aliphatic heterocycles. The Bertz CT molecular complexity index is 2180. The number of ether oxygens (including phenoxy) is 4. The Hall–Kier alpha value is -3.48. The topological polar surface area (TPSA) is 197 Å². The number of allylic oxidation sites excluding steroid dienone is 3. The number of methoxy groups -OCH3 is 1. The number of anilines is 1. The van der Waals surface area contributed by atoms with Crippen molar-refractivity contribution in [1.29, 1.82) is 0 Å². The Kier molecular flexibility index (Phi) is 23.0. The zero-order valence-corrected chi connectivity index (χ0v) is 48.3. The Morgan fingerprint density at radius 3 is 2.36 bits per heavy atom. The Morgan fingerprint density at radius 1 is 0.987 bits per heavy atom. The quantitative estimate of drug-likeness (QED) is 0.0631. The molecule has 420 valence electrons. The number of benzene rings is 1. The predicted octanol–water partition coefficient (Wildman–Crippen LogP) is 10.4. The lowest BCUT2D eigenvalue weighted by molar-refractivity contribution is -0.162. The third kappa shape index (κ3) is 17.3. The second kappa shape index (κ2) is 28.4. The number of likely N-dealkylation sites (N-methyl/N-ethyl adjacent to an activating group) is 1. The smallest absolute Gasteiger partial charge is 0.409 e. The van der Waals surface area contributed by atoms with Crippen molar-refractivity contribution < 1.29 is 53.1 Å². The van der Waals surface area contributed by atoms with Gasteiger partial charge in [0.1, 0.15) is 40.7 Å². The largest absolute Gasteiger partial charge is 0.495 e. The molecule has 15 nitrogen and oxygen atoms in total. The molecule has 5 aliphatic rings. The van der Waals surface area contributed by atoms with Crippen LogP contribution in [0.15, 0.2) is 35.9 Å². The van der Waals surface area contributed by atoms with Gasteiger partial charge in [-0.25, -0.2) is 9.59 Å². The van der Waals surface area contributed by atoms with E-state index in [9.17, 15) is 34.2 Å². The minimum Gasteiger partial charge on any atom is -0.495 e. The van der Waals surface area contributed by atoms with Gasteiger partial charge in [0.05, 0.1) is 25.3 Å². The van der Waals surface area contributed by atoms with Crippen LogP contribution in [0.1, 0.15) is 169 Å². The molecule has 1 aromatic rings. The van der Waals surface area contributed by atoms with E-state index in [1.54, 1.807) is 80.7 Å². The highest BCUT2D eigenvalue weighted by molar-refractivity contribution is 8.76. The first-order valence-corrected chi connectivity index (χ1v) is 30.5. The van der Waals surface area contributed by atoms with Crippen LogP contribution in [0, 0.1) is 17.8 Å². The van der Waals surface area contributed by atoms with E-state index in [1.165, 1.54) is 106 Å². The molecule has 4 fully saturated rings. The number of hydrogen-bond acceptors (Lipinski definition) is 13. The second-order valence-electron chi connectivity index (χ2n) is 22.5. The van der Waals surface area contributed by atoms with Gasteiger partial charge in [0, 0.05) is 56.3 Å². The summed E-state index contributed by atoms with van der Waals surface area (Å²) >= 11 is 6.82. The molecule has 18 heteroatoms. The highest BCUT2D eigenvalue weighted by Gasteiger charge is 2.64. The van der Waals surface area contributed by atoms with Crippen LogP contribution < -0.4 is 20.3 Å². The van der Waals surface area contributed by atoms with Crippen LogP contribution in [0.5, 0.6) is 5.75 Å². The van der Waals surface area contributed by atoms with Crippen molar-refractivity contribution >= 4 is 68.7 Å². The number of esters is 1. The monoisotopic (exact) mass is 1100 g/mol. The van der Waals surface area contributed by atoms with Crippen LogP contribution in [-0.2, 0) is 39.8 Å². The third-order valence-electron chi connectivity index (χ3n) is 16.6. The maximum absolute atomic E-state index is 14.4. The number of hydrogen-bond donors (Lipinski definition) is 4. The van der Waals surface area contributed by atoms with Gasteiger partial charge in [-0.15, -0.1) is 0 Å². The van der Waals surface area contributed by atoms with Crippen LogP contribution in [-0.4, -0.2) is 125 Å². The summed E-state index contributed by atoms with van der Waals surface area (Å²) in [6, 6.07) is 2.76. The first kappa shape index (κ1) is 60.7. The molecule has 3 heterocycles. The fraction of sp³-hybridized carbons (Fsp3) is 0.737. The zero-order valence-electron chi connectivity index (χ0n) is 45.9. The van der Waals surface area contributed by atoms with Crippen LogP contribution in [0.25, 0.3) is 0 Å². The number of nitrogens with one attached hydrogen (secondary N) is 2. The molecule has 0 radical (unpaired) electrons. The molecule has 4 unspecified atom stereocenters. The van der Waals surface area contributed by atoms with E-state index < -0.39 is 65.7 Å². The molecular formula is C57H87ClN4O11S2. The van der Waals surface area contributed by atoms with Gasteiger partial charge in [0.15, 0.2) is 5.72 Å². The number of halogens is 1. The first-order valence-electron chi connectivity index (χ1n) is 27.8. The normalized spacial score (nSPS) is 32.3. The summed E-state index contributed by atoms with van der Waals surface area (Å²) in [5.41, 5.74) is -1.35. The van der Waals surface area contributed by atoms with E-state index in [0.717, 1.165) is 42.2 Å². The predicted molar refractivity (Wildman–Crippen MR) is 298 cm³/mol. The Balaban J connectivity index is 1.04. The van der Waals surface area contributed by atoms with Gasteiger partial charge in [-0.1, -0.05) is 148 Å². The summed E-state index contributed by atoms with van der Waals surface area (Å²) in [7, 11) is 7.83. The van der Waals surface area contributed by atoms with Crippen molar-refractivity contribution in [3.63, 3.8) is 0 Å². The van der Waals surface area contributed by atoms with E-state index >= 15 is 0 Å². The summed E-state index contributed by atoms with van der Waals surface area (Å²) < 4.78 is 23.7. The number of rotatable bonds is 13. The molecule has 1 aromatic carbocycles. The second-order valence-corrected chi connectivity index (χ2v) is 25.8. The average Bonchev–Trinajstić information content (AvgIpc) is 4.09. The number of fused-ring (bicyclic) bond motifs is 9. The van der Waals surface area contributed by atoms with Gasteiger partial charge >= 0.3 is 12.1 Å². The molecular weight excluding hydrogens is 1020 g/mol. The Labute approximate surface area is 459 Å². The highest BCUT2D eigenvalue weighted by Crippen LogP contribution is 2.49. The minimum absolute atomic E-state index is 0.128. The maximum atomic E-state index is 14.4. The highest BCUT2D eigenvalue weighted by atomic mass is 35.5. The minimum atomic E-state index is -2.08. The van der Waals surface area contributed by atoms with Crippen LogP contribution >= 0.6 is 33.2 Å². The Morgan fingerprint density at radius 2 is 1.65 bits per heavy atom. The molecule has 0 aromatic heterocycles. The van der Waals surface area contributed by atoms with Gasteiger partial charge < -0.3 is 44.3 Å². The van der Waals surface area contributed by atoms with Crippen molar-refractivity contribution in [2.45, 2.75) is 223 Å². The number of carbonyl (C=O) groups is 5. The summed E-state index contributed by atoms with van der Waals surface area (Å²) in [5.74, 6) is 0.554. The lowest BCUT2D eigenvalue weighted by Gasteiger charge is -2.41. The van der Waals surface area contributed by atoms with Gasteiger partial charge in [-0.05, 0) is 82.4 Å². The van der Waals surface area contributed by atoms with Crippen molar-refractivity contribution in [3.05, 3.63) is 46.5 Å². The lowest BCUT2D eigenvalue weighted by Crippen LogP contribution is -2.63. The standard InChI is InChI=1S/C57H87ClN4O11S2/c1-36-17-15-24-47(63)57(69)35-46(71-55(68)60-57)38(3)53-56(5,73-53)48(34-51(66)62(7)44-32-42(31-36)33-45(70-8)52(44)58)72-54(67)39(4)61(6)50(65)29-30-74-75-37(2)25-28-49(64)59-43-23-14-13-20-40-18-11-9-10-12-19-41(26-27-43)22-16-21-40/h15,17,24,32-33,37-41,43,46-48,53,63,69H,9-14,16,18-23,25-31,34-35H2,1-8H3,(H,59,64)(H,60,68)/b24-15+,36-17+/t37?,38-,39+,40?,41?,43?,46+,47-,48+,53+,56+,57+/m1/s1. The van der Waals surface area contributed by atoms with E-state index in [2.05, 4.69) is 17.6 Å². The molecule has 2 saturated carbocycles. The molecule has 4 amide bonds. The molecule has 0 spiro atoms. The summed E-state index contributed by atoms with van der Waals surface area (Å²) in [6.07, 6.45) is 20.0. The van der Waals surface area contributed by atoms with E-state index in [4.69, 9.17) is 30.5 Å². The van der Waals surface area contributed by atoms with Crippen molar-refractivity contribution in [1.82, 2.24) is 15.5 Å². The first-order chi connectivity index (χ1) is 35.7. The molecule has 4 N–H and O–H groups in total. The zero-order chi connectivity index (χ0) is 54.5. The van der Waals surface area contributed by atoms with Crippen LogP contribution in [0.4, 0.5) is 10.5 Å². The third-order valence-corrected chi connectivity index (χ3v) is 20.0. The van der Waals surface area contributed by atoms with Gasteiger partial charge in [0.2, 0.25) is 17.7 Å². The molecule has 2 aliphatic carbocycles. The van der Waals surface area contributed by atoms with Gasteiger partial charge in [-0.2, -0.15) is 0 Å². The van der Waals surface area contributed by atoms with E-state index in [1.807, 2.05) is 6.92 Å². The summed E-state index contributed by atoms with van der Waals surface area (Å²) in [4.78, 5) is 70.9. The molecule has 6 rings (SSSR count). The number of epoxide rings is 1. The fourth-order valence-electron chi connectivity index (χ4n) is 11.4. The number of aliphatic hydroxyl groups excluding tert-OH is 1. The summed E-state index contributed by atoms with van der Waals surface area (Å²) in [6.45, 7) is 9.03. The summed E-state index contributed by atoms with van der Waals surface area (Å²) in [5, 5.41) is 28.9. The van der Waals surface area contributed by atoms with Crippen molar-refractivity contribution in [3.8, 4) is 5.75 Å². The molecule has 75 heavy (non-hydrogen) atoms. The number of alkyl carbamates (subject to hydrolysis) is 1. The fourth-order valence-corrected chi connectivity index (χ4v) is 14.1. The van der Waals surface area contributed by atoms with Crippen LogP contribution in [0.3, 0.4) is 0 Å². The number of amides is 4. The SMILES string of the molecule is COc1cc2cc(c1Cl)N(C)C(=O)C[C@H](OC(=O)[C@H](C)N(C)C(=O)CCSSC(C)CCC(=O)NC1CCCCC3CCCCCCC(CCC3)CC1)[C@]1(C)O[C@H]1[C@H](C)[C@@H]1C[C@@](O)(NC(=O)O1)[C@H](O)/C=C/C=C(\C)C2. The van der Waals surface area contributed by atoms with Crippen molar-refractivity contribution in [2.75, 3.05) is 31.9 Å². The maximum Gasteiger partial charge on any atom is 0.409 e. The number of nitrogens with zero attached hydrogens (tertiary/aromatic N) is 2. The number of aliphatic hydroxyl groups is 2. The lowest BCUT2D eigenvalue weighted by atomic mass is 9.83. The van der Waals surface area contributed by atoms with Crippen molar-refractivity contribution in [2.24, 2.45) is 17.8 Å². The average molecular weight is 1100 g/mol. The van der Waals surface area contributed by atoms with Crippen LogP contribution in [0.2, 0.25) is 5.02 Å². The van der Waals surface area contributed by atoms with Gasteiger partial charge in [0.25, 0.3) is 0 Å². The molecule has 12 atom stereocenters. The van der Waals surface area contributed by atoms with E-state index in [-0.39, 0.29) is 47.4 Å². The van der Waals surface area contributed by atoms with Gasteiger partial charge in [-0.3, -0.25) is 19.7 Å².